The van der Waals surface area contributed by atoms with Crippen LogP contribution in [-0.2, 0) is 10.0 Å². The van der Waals surface area contributed by atoms with Crippen molar-refractivity contribution in [2.45, 2.75) is 32.6 Å². The smallest absolute Gasteiger partial charge is 0.243 e. The van der Waals surface area contributed by atoms with E-state index in [0.717, 1.165) is 22.3 Å². The minimum Gasteiger partial charge on any atom is -0.359 e. The summed E-state index contributed by atoms with van der Waals surface area (Å²) in [6, 6.07) is 2.05. The summed E-state index contributed by atoms with van der Waals surface area (Å²) in [5.74, 6) is 0. The molecule has 1 saturated heterocycles. The Bertz CT molecular complexity index is 754. The van der Waals surface area contributed by atoms with Gasteiger partial charge in [0.05, 0.1) is 4.90 Å². The highest BCUT2D eigenvalue weighted by atomic mass is 32.2. The number of nitrogens with zero attached hydrogens (tertiary/aromatic N) is 2. The molecule has 2 rings (SSSR count). The average Bonchev–Trinajstić information content (AvgIpc) is 2.58. The maximum Gasteiger partial charge on any atom is 0.243 e. The molecule has 7 heteroatoms. The van der Waals surface area contributed by atoms with E-state index in [0.29, 0.717) is 42.7 Å². The fraction of sp³-hybridized carbons (Fsp3) is 0.500. The second kappa shape index (κ2) is 7.85. The van der Waals surface area contributed by atoms with Crippen LogP contribution in [0.25, 0.3) is 0 Å². The van der Waals surface area contributed by atoms with E-state index in [1.165, 1.54) is 0 Å². The van der Waals surface area contributed by atoms with Crippen LogP contribution in [-0.4, -0.2) is 55.5 Å². The van der Waals surface area contributed by atoms with Crippen LogP contribution in [0.3, 0.4) is 0 Å². The average molecular weight is 382 g/mol. The highest BCUT2D eigenvalue weighted by Gasteiger charge is 2.32. The fourth-order valence-electron chi connectivity index (χ4n) is 3.10. The van der Waals surface area contributed by atoms with Crippen molar-refractivity contribution in [3.05, 3.63) is 41.0 Å². The summed E-state index contributed by atoms with van der Waals surface area (Å²) in [4.78, 5) is 2.47. The van der Waals surface area contributed by atoms with Gasteiger partial charge < -0.3 is 10.2 Å². The quantitative estimate of drug-likeness (QED) is 0.641. The van der Waals surface area contributed by atoms with Crippen LogP contribution >= 0.6 is 12.2 Å². The summed E-state index contributed by atoms with van der Waals surface area (Å²) in [5, 5.41) is 3.74. The van der Waals surface area contributed by atoms with Gasteiger partial charge >= 0.3 is 0 Å². The first-order valence-electron chi connectivity index (χ1n) is 8.41. The Kier molecular flexibility index (Phi) is 6.24. The van der Waals surface area contributed by atoms with Crippen molar-refractivity contribution in [2.75, 3.05) is 32.7 Å². The Balaban J connectivity index is 2.21. The summed E-state index contributed by atoms with van der Waals surface area (Å²) in [7, 11) is -3.51. The van der Waals surface area contributed by atoms with Crippen LogP contribution in [0.4, 0.5) is 0 Å². The molecule has 0 aromatic heterocycles. The largest absolute Gasteiger partial charge is 0.359 e. The standard InChI is InChI=1S/C18H27N3O2S2/c1-6-7-19-18(24)20-8-10-21(11-9-20)25(22,23)17-15(4)13(2)12-14(3)16(17)5/h6,12H,1,7-11H2,2-5H3,(H,19,24). The molecule has 0 saturated carbocycles. The van der Waals surface area contributed by atoms with Gasteiger partial charge in [-0.05, 0) is 62.2 Å². The highest BCUT2D eigenvalue weighted by Crippen LogP contribution is 2.29. The first-order valence-corrected chi connectivity index (χ1v) is 10.3. The monoisotopic (exact) mass is 381 g/mol. The SMILES string of the molecule is C=CCNC(=S)N1CCN(S(=O)(=O)c2c(C)c(C)cc(C)c2C)CC1. The van der Waals surface area contributed by atoms with Gasteiger partial charge in [-0.1, -0.05) is 12.1 Å². The van der Waals surface area contributed by atoms with E-state index in [2.05, 4.69) is 11.9 Å². The fourth-order valence-corrected chi connectivity index (χ4v) is 5.36. The minimum absolute atomic E-state index is 0.435. The van der Waals surface area contributed by atoms with Crippen molar-refractivity contribution in [1.82, 2.24) is 14.5 Å². The molecule has 0 unspecified atom stereocenters. The van der Waals surface area contributed by atoms with Crippen molar-refractivity contribution >= 4 is 27.4 Å². The molecular formula is C18H27N3O2S2. The highest BCUT2D eigenvalue weighted by molar-refractivity contribution is 7.89. The first-order chi connectivity index (χ1) is 11.7. The number of piperazine rings is 1. The molecule has 1 heterocycles. The summed E-state index contributed by atoms with van der Waals surface area (Å²) in [5.41, 5.74) is 3.70. The number of aryl methyl sites for hydroxylation is 2. The summed E-state index contributed by atoms with van der Waals surface area (Å²) in [6.45, 7) is 14.0. The van der Waals surface area contributed by atoms with Gasteiger partial charge in [0.1, 0.15) is 0 Å². The van der Waals surface area contributed by atoms with Crippen molar-refractivity contribution in [1.29, 1.82) is 0 Å². The molecule has 1 N–H and O–H groups in total. The zero-order valence-electron chi connectivity index (χ0n) is 15.4. The molecule has 25 heavy (non-hydrogen) atoms. The summed E-state index contributed by atoms with van der Waals surface area (Å²) >= 11 is 5.34. The zero-order chi connectivity index (χ0) is 18.8. The third-order valence-corrected chi connectivity index (χ3v) is 7.39. The number of hydrogen-bond acceptors (Lipinski definition) is 3. The van der Waals surface area contributed by atoms with Gasteiger partial charge in [0.25, 0.3) is 0 Å². The number of benzene rings is 1. The third kappa shape index (κ3) is 4.04. The lowest BCUT2D eigenvalue weighted by atomic mass is 10.0. The van der Waals surface area contributed by atoms with Crippen LogP contribution in [0, 0.1) is 27.7 Å². The van der Waals surface area contributed by atoms with Gasteiger partial charge in [0, 0.05) is 32.7 Å². The molecular weight excluding hydrogens is 354 g/mol. The van der Waals surface area contributed by atoms with Crippen molar-refractivity contribution in [2.24, 2.45) is 0 Å². The molecule has 1 fully saturated rings. The van der Waals surface area contributed by atoms with Gasteiger partial charge in [-0.3, -0.25) is 0 Å². The van der Waals surface area contributed by atoms with Crippen LogP contribution in [0.5, 0.6) is 0 Å². The van der Waals surface area contributed by atoms with Gasteiger partial charge in [0.2, 0.25) is 10.0 Å². The van der Waals surface area contributed by atoms with E-state index in [-0.39, 0.29) is 0 Å². The van der Waals surface area contributed by atoms with E-state index in [1.54, 1.807) is 10.4 Å². The van der Waals surface area contributed by atoms with Crippen LogP contribution in [0.15, 0.2) is 23.6 Å². The second-order valence-corrected chi connectivity index (χ2v) is 8.72. The van der Waals surface area contributed by atoms with Crippen LogP contribution < -0.4 is 5.32 Å². The second-order valence-electron chi connectivity index (χ2n) is 6.46. The first kappa shape index (κ1) is 19.9. The maximum atomic E-state index is 13.2. The molecule has 138 valence electrons. The number of sulfonamides is 1. The molecule has 1 aromatic rings. The zero-order valence-corrected chi connectivity index (χ0v) is 17.1. The summed E-state index contributed by atoms with van der Waals surface area (Å²) in [6.07, 6.45) is 1.75. The molecule has 0 spiro atoms. The van der Waals surface area contributed by atoms with E-state index >= 15 is 0 Å². The normalized spacial score (nSPS) is 15.9. The maximum absolute atomic E-state index is 13.2. The Labute approximate surface area is 156 Å². The van der Waals surface area contributed by atoms with E-state index in [9.17, 15) is 8.42 Å². The lowest BCUT2D eigenvalue weighted by molar-refractivity contribution is 0.264. The molecule has 0 radical (unpaired) electrons. The van der Waals surface area contributed by atoms with Gasteiger partial charge in [0.15, 0.2) is 5.11 Å². The van der Waals surface area contributed by atoms with Crippen LogP contribution in [0.2, 0.25) is 0 Å². The van der Waals surface area contributed by atoms with Crippen LogP contribution in [0.1, 0.15) is 22.3 Å². The Morgan fingerprint density at radius 3 is 2.16 bits per heavy atom. The molecule has 0 atom stereocenters. The Morgan fingerprint density at radius 1 is 1.16 bits per heavy atom. The minimum atomic E-state index is -3.51. The predicted octanol–water partition coefficient (Wildman–Crippen LogP) is 2.29. The Hall–Kier alpha value is -1.44. The number of thiocarbonyl (C=S) groups is 1. The van der Waals surface area contributed by atoms with Crippen molar-refractivity contribution in [3.8, 4) is 0 Å². The summed E-state index contributed by atoms with van der Waals surface area (Å²) < 4.78 is 28.0. The molecule has 0 aliphatic carbocycles. The number of hydrogen-bond donors (Lipinski definition) is 1. The van der Waals surface area contributed by atoms with Crippen molar-refractivity contribution in [3.63, 3.8) is 0 Å². The lowest BCUT2D eigenvalue weighted by Gasteiger charge is -2.36. The predicted molar refractivity (Wildman–Crippen MR) is 107 cm³/mol. The Morgan fingerprint density at radius 2 is 1.68 bits per heavy atom. The molecule has 1 aliphatic heterocycles. The number of nitrogens with one attached hydrogen (secondary N) is 1. The van der Waals surface area contributed by atoms with E-state index < -0.39 is 10.0 Å². The molecule has 0 bridgehead atoms. The lowest BCUT2D eigenvalue weighted by Crippen LogP contribution is -2.53. The van der Waals surface area contributed by atoms with Crippen molar-refractivity contribution < 1.29 is 8.42 Å². The number of rotatable bonds is 4. The topological polar surface area (TPSA) is 52.6 Å². The molecule has 1 aromatic carbocycles. The van der Waals surface area contributed by atoms with E-state index in [1.807, 2.05) is 38.7 Å². The molecule has 1 aliphatic rings. The van der Waals surface area contributed by atoms with Gasteiger partial charge in [-0.25, -0.2) is 8.42 Å². The van der Waals surface area contributed by atoms with Gasteiger partial charge in [-0.2, -0.15) is 4.31 Å². The molecule has 5 nitrogen and oxygen atoms in total. The van der Waals surface area contributed by atoms with E-state index in [4.69, 9.17) is 12.2 Å². The molecule has 0 amide bonds. The third-order valence-electron chi connectivity index (χ3n) is 4.82. The van der Waals surface area contributed by atoms with Gasteiger partial charge in [-0.15, -0.1) is 6.58 Å².